The van der Waals surface area contributed by atoms with Crippen molar-refractivity contribution >= 4 is 22.6 Å². The van der Waals surface area contributed by atoms with Gasteiger partial charge in [-0.1, -0.05) is 68.4 Å². The van der Waals surface area contributed by atoms with Gasteiger partial charge in [-0.2, -0.15) is 0 Å². The molecule has 0 radical (unpaired) electrons. The van der Waals surface area contributed by atoms with Crippen LogP contribution < -0.4 is 0 Å². The number of hydrogen-bond acceptors (Lipinski definition) is 12. The van der Waals surface area contributed by atoms with Crippen molar-refractivity contribution in [2.24, 2.45) is 11.3 Å². The maximum Gasteiger partial charge on any atom is 0.335 e. The summed E-state index contributed by atoms with van der Waals surface area (Å²) in [6, 6.07) is 2.41. The minimum absolute atomic E-state index is 0.0360. The third kappa shape index (κ3) is 13.9. The Labute approximate surface area is 341 Å². The molecule has 0 spiro atoms. The predicted molar refractivity (Wildman–Crippen MR) is 224 cm³/mol. The summed E-state index contributed by atoms with van der Waals surface area (Å²) in [6.45, 7) is 25.2. The Bertz CT molecular complexity index is 1170. The molecule has 1 aliphatic heterocycles. The third-order valence-electron chi connectivity index (χ3n) is 13.0. The van der Waals surface area contributed by atoms with Crippen molar-refractivity contribution in [3.05, 3.63) is 11.6 Å². The summed E-state index contributed by atoms with van der Waals surface area (Å²) in [6.07, 6.45) is -3.79. The first-order chi connectivity index (χ1) is 25.9. The van der Waals surface area contributed by atoms with Crippen molar-refractivity contribution in [2.45, 2.75) is 192 Å². The third-order valence-corrected chi connectivity index (χ3v) is 22.1. The van der Waals surface area contributed by atoms with Crippen molar-refractivity contribution in [2.75, 3.05) is 41.8 Å². The van der Waals surface area contributed by atoms with Crippen LogP contribution in [0.3, 0.4) is 0 Å². The highest BCUT2D eigenvalue weighted by Crippen LogP contribution is 2.49. The molecule has 1 heterocycles. The molecule has 0 aliphatic carbocycles. The Morgan fingerprint density at radius 3 is 2.00 bits per heavy atom. The summed E-state index contributed by atoms with van der Waals surface area (Å²) >= 11 is 0. The molecule has 0 saturated carbocycles. The lowest BCUT2D eigenvalue weighted by molar-refractivity contribution is -0.376. The van der Waals surface area contributed by atoms with Gasteiger partial charge in [-0.05, 0) is 61.1 Å². The van der Waals surface area contributed by atoms with Crippen LogP contribution in [0, 0.1) is 11.3 Å². The van der Waals surface area contributed by atoms with Crippen LogP contribution in [0.1, 0.15) is 101 Å². The monoisotopic (exact) mass is 839 g/mol. The van der Waals surface area contributed by atoms with Crippen LogP contribution in [0.2, 0.25) is 36.3 Å². The van der Waals surface area contributed by atoms with Gasteiger partial charge < -0.3 is 57.7 Å². The summed E-state index contributed by atoms with van der Waals surface area (Å²) in [5.74, 6) is -3.20. The first kappa shape index (κ1) is 53.2. The smallest absolute Gasteiger partial charge is 0.335 e. The van der Waals surface area contributed by atoms with Gasteiger partial charge in [0.15, 0.2) is 22.7 Å². The van der Waals surface area contributed by atoms with Crippen LogP contribution in [0.4, 0.5) is 0 Å². The summed E-state index contributed by atoms with van der Waals surface area (Å²) in [4.78, 5) is 12.2. The van der Waals surface area contributed by atoms with Crippen molar-refractivity contribution < 1.29 is 62.5 Å². The topological polar surface area (TPSA) is 172 Å². The Kier molecular flexibility index (Phi) is 22.1. The molecule has 10 atom stereocenters. The first-order valence-corrected chi connectivity index (χ1v) is 26.0. The van der Waals surface area contributed by atoms with Gasteiger partial charge in [-0.25, -0.2) is 4.79 Å². The number of carboxylic acid groups (broad SMARTS) is 1. The SMILES string of the molecule is CCC(/C=C(/C)[C@H](O)CC(C[C@H](O)C(C)(C)C1(O)O[C@@H](C[C@@H](OC)[C@H](OCOC)C(=O)O)C[C@@H](OC)[C@H]1O[Si](CC)(CC)CC)OC)CO[Si](C)(C)C(C)(C)C. The van der Waals surface area contributed by atoms with E-state index in [9.17, 15) is 25.2 Å². The Morgan fingerprint density at radius 2 is 1.55 bits per heavy atom. The van der Waals surface area contributed by atoms with Crippen LogP contribution in [-0.2, 0) is 42.1 Å². The number of carbonyl (C=O) groups is 1. The van der Waals surface area contributed by atoms with E-state index in [2.05, 4.69) is 67.6 Å². The number of aliphatic hydroxyl groups excluding tert-OH is 2. The number of aliphatic hydroxyl groups is 3. The van der Waals surface area contributed by atoms with E-state index in [0.717, 1.165) is 30.1 Å². The maximum atomic E-state index is 13.0. The predicted octanol–water partition coefficient (Wildman–Crippen LogP) is 6.89. The number of rotatable bonds is 27. The quantitative estimate of drug-likeness (QED) is 0.0384. The average molecular weight is 839 g/mol. The van der Waals surface area contributed by atoms with Crippen LogP contribution >= 0.6 is 0 Å². The normalized spacial score (nSPS) is 25.1. The van der Waals surface area contributed by atoms with E-state index in [1.165, 1.54) is 14.2 Å². The van der Waals surface area contributed by atoms with Gasteiger partial charge in [-0.15, -0.1) is 0 Å². The van der Waals surface area contributed by atoms with Crippen molar-refractivity contribution in [1.29, 1.82) is 0 Å². The molecule has 56 heavy (non-hydrogen) atoms. The lowest BCUT2D eigenvalue weighted by atomic mass is 9.70. The second kappa shape index (κ2) is 23.3. The van der Waals surface area contributed by atoms with Crippen LogP contribution in [0.25, 0.3) is 0 Å². The van der Waals surface area contributed by atoms with E-state index in [0.29, 0.717) is 6.61 Å². The molecular formula is C41H82O13Si2. The molecule has 1 saturated heterocycles. The molecule has 0 aromatic rings. The maximum absolute atomic E-state index is 13.0. The zero-order chi connectivity index (χ0) is 43.3. The van der Waals surface area contributed by atoms with Gasteiger partial charge in [0.05, 0.1) is 36.6 Å². The zero-order valence-electron chi connectivity index (χ0n) is 37.8. The van der Waals surface area contributed by atoms with Gasteiger partial charge in [0, 0.05) is 66.1 Å². The fourth-order valence-corrected chi connectivity index (χ4v) is 11.1. The molecule has 13 nitrogen and oxygen atoms in total. The summed E-state index contributed by atoms with van der Waals surface area (Å²) < 4.78 is 48.1. The Morgan fingerprint density at radius 1 is 0.964 bits per heavy atom. The molecular weight excluding hydrogens is 757 g/mol. The van der Waals surface area contributed by atoms with Gasteiger partial charge in [-0.3, -0.25) is 0 Å². The van der Waals surface area contributed by atoms with Crippen LogP contribution in [-0.4, -0.2) is 139 Å². The number of methoxy groups -OCH3 is 4. The number of ether oxygens (including phenoxy) is 6. The van der Waals surface area contributed by atoms with Crippen LogP contribution in [0.15, 0.2) is 11.6 Å². The molecule has 0 bridgehead atoms. The largest absolute Gasteiger partial charge is 0.479 e. The summed E-state index contributed by atoms with van der Waals surface area (Å²) in [7, 11) is 1.56. The van der Waals surface area contributed by atoms with E-state index in [-0.39, 0.29) is 43.4 Å². The molecule has 3 unspecified atom stereocenters. The van der Waals surface area contributed by atoms with E-state index >= 15 is 0 Å². The van der Waals surface area contributed by atoms with E-state index < -0.39 is 82.6 Å². The molecule has 15 heteroatoms. The van der Waals surface area contributed by atoms with E-state index in [1.54, 1.807) is 28.1 Å². The first-order valence-electron chi connectivity index (χ1n) is 20.6. The second-order valence-corrected chi connectivity index (χ2v) is 27.3. The molecule has 1 rings (SSSR count). The average Bonchev–Trinajstić information content (AvgIpc) is 3.14. The number of aliphatic carboxylic acids is 1. The Balaban J connectivity index is 3.50. The van der Waals surface area contributed by atoms with Gasteiger partial charge in [0.25, 0.3) is 0 Å². The van der Waals surface area contributed by atoms with Gasteiger partial charge >= 0.3 is 5.97 Å². The number of hydrogen-bond donors (Lipinski definition) is 4. The minimum atomic E-state index is -2.40. The zero-order valence-corrected chi connectivity index (χ0v) is 39.8. The van der Waals surface area contributed by atoms with Crippen molar-refractivity contribution in [1.82, 2.24) is 0 Å². The molecule has 0 amide bonds. The molecule has 332 valence electrons. The second-order valence-electron chi connectivity index (χ2n) is 17.8. The highest BCUT2D eigenvalue weighted by molar-refractivity contribution is 6.74. The van der Waals surface area contributed by atoms with Crippen molar-refractivity contribution in [3.63, 3.8) is 0 Å². The molecule has 1 fully saturated rings. The highest BCUT2D eigenvalue weighted by Gasteiger charge is 2.62. The Hall–Kier alpha value is -0.796. The van der Waals surface area contributed by atoms with E-state index in [4.69, 9.17) is 37.3 Å². The summed E-state index contributed by atoms with van der Waals surface area (Å²) in [5.41, 5.74) is -0.577. The standard InChI is InChI=1S/C41H82O13Si2/c1-17-29(26-52-55(15,16)39(6,7)8)21-28(5)32(42)22-30(48-12)25-35(43)40(9,10)41(46)37(54-56(18-2,19-3)20-4)34(50-14)24-31(53-41)23-33(49-13)36(38(44)45)51-27-47-11/h21,29-37,42-43,46H,17-20,22-27H2,1-16H3,(H,44,45)/b28-21-/t29?,30?,31-,32+,33+,34+,35-,36-,37+,41?/m0/s1. The molecule has 4 N–H and O–H groups in total. The molecule has 1 aliphatic rings. The summed E-state index contributed by atoms with van der Waals surface area (Å²) in [5, 5.41) is 46.5. The van der Waals surface area contributed by atoms with Crippen molar-refractivity contribution in [3.8, 4) is 0 Å². The lowest BCUT2D eigenvalue weighted by Gasteiger charge is -2.56. The van der Waals surface area contributed by atoms with Gasteiger partial charge in [0.1, 0.15) is 12.9 Å². The molecule has 0 aromatic carbocycles. The minimum Gasteiger partial charge on any atom is -0.479 e. The lowest BCUT2D eigenvalue weighted by Crippen LogP contribution is -2.70. The highest BCUT2D eigenvalue weighted by atomic mass is 28.4. The van der Waals surface area contributed by atoms with Gasteiger partial charge in [0.2, 0.25) is 5.79 Å². The van der Waals surface area contributed by atoms with Crippen LogP contribution in [0.5, 0.6) is 0 Å². The fraction of sp³-hybridized carbons (Fsp3) is 0.927. The fourth-order valence-electron chi connectivity index (χ4n) is 7.20. The van der Waals surface area contributed by atoms with E-state index in [1.807, 2.05) is 6.92 Å². The molecule has 0 aromatic heterocycles. The number of carboxylic acids is 1.